The van der Waals surface area contributed by atoms with Gasteiger partial charge in [0.1, 0.15) is 5.82 Å². The fourth-order valence-electron chi connectivity index (χ4n) is 0.861. The first-order valence-electron chi connectivity index (χ1n) is 3.27. The van der Waals surface area contributed by atoms with Gasteiger partial charge in [0, 0.05) is 18.4 Å². The maximum Gasteiger partial charge on any atom is 0.128 e. The molecule has 0 aromatic heterocycles. The lowest BCUT2D eigenvalue weighted by molar-refractivity contribution is 0.181. The first kappa shape index (κ1) is 8.01. The van der Waals surface area contributed by atoms with Crippen LogP contribution in [0.2, 0.25) is 0 Å². The van der Waals surface area contributed by atoms with E-state index >= 15 is 0 Å². The Morgan fingerprint density at radius 2 is 2.27 bits per heavy atom. The zero-order valence-corrected chi connectivity index (χ0v) is 6.30. The Balaban J connectivity index is 2.93. The Kier molecular flexibility index (Phi) is 2.44. The van der Waals surface area contributed by atoms with E-state index in [0.717, 1.165) is 0 Å². The Labute approximate surface area is 64.8 Å². The minimum atomic E-state index is -0.277. The van der Waals surface area contributed by atoms with E-state index in [1.807, 2.05) is 0 Å². The topological polar surface area (TPSA) is 35.2 Å². The standard InChI is InChI=1S/C8H10FNO/c1-11-5-6-4-7(10)2-3-8(6)9/h2-4H,5,10H2,1H3. The number of hydrogen-bond acceptors (Lipinski definition) is 2. The molecule has 1 aromatic rings. The number of methoxy groups -OCH3 is 1. The van der Waals surface area contributed by atoms with E-state index in [1.165, 1.54) is 19.2 Å². The van der Waals surface area contributed by atoms with Crippen molar-refractivity contribution in [2.75, 3.05) is 12.8 Å². The number of benzene rings is 1. The Morgan fingerprint density at radius 3 is 2.91 bits per heavy atom. The van der Waals surface area contributed by atoms with Gasteiger partial charge in [0.15, 0.2) is 0 Å². The summed E-state index contributed by atoms with van der Waals surface area (Å²) in [6.45, 7) is 0.261. The predicted molar refractivity (Wildman–Crippen MR) is 41.5 cm³/mol. The Morgan fingerprint density at radius 1 is 1.55 bits per heavy atom. The van der Waals surface area contributed by atoms with Crippen LogP contribution in [0.15, 0.2) is 18.2 Å². The zero-order chi connectivity index (χ0) is 8.27. The number of nitrogen functional groups attached to an aromatic ring is 1. The van der Waals surface area contributed by atoms with Gasteiger partial charge in [-0.25, -0.2) is 4.39 Å². The van der Waals surface area contributed by atoms with E-state index in [0.29, 0.717) is 11.3 Å². The smallest absolute Gasteiger partial charge is 0.128 e. The quantitative estimate of drug-likeness (QED) is 0.658. The summed E-state index contributed by atoms with van der Waals surface area (Å²) in [5.74, 6) is -0.277. The lowest BCUT2D eigenvalue weighted by Gasteiger charge is -2.01. The number of nitrogens with two attached hydrogens (primary N) is 1. The van der Waals surface area contributed by atoms with Crippen LogP contribution in [0.4, 0.5) is 10.1 Å². The maximum absolute atomic E-state index is 12.8. The van der Waals surface area contributed by atoms with Crippen LogP contribution in [0, 0.1) is 5.82 Å². The fourth-order valence-corrected chi connectivity index (χ4v) is 0.861. The van der Waals surface area contributed by atoms with Gasteiger partial charge in [0.25, 0.3) is 0 Å². The van der Waals surface area contributed by atoms with Gasteiger partial charge in [-0.1, -0.05) is 0 Å². The molecular formula is C8H10FNO. The van der Waals surface area contributed by atoms with Gasteiger partial charge in [-0.3, -0.25) is 0 Å². The normalized spacial score (nSPS) is 10.0. The van der Waals surface area contributed by atoms with E-state index < -0.39 is 0 Å². The summed E-state index contributed by atoms with van der Waals surface area (Å²) in [6, 6.07) is 4.43. The van der Waals surface area contributed by atoms with Gasteiger partial charge < -0.3 is 10.5 Å². The number of rotatable bonds is 2. The molecule has 11 heavy (non-hydrogen) atoms. The van der Waals surface area contributed by atoms with Crippen LogP contribution in [0.3, 0.4) is 0 Å². The van der Waals surface area contributed by atoms with Crippen molar-refractivity contribution in [1.29, 1.82) is 0 Å². The van der Waals surface area contributed by atoms with Crippen molar-refractivity contribution in [2.24, 2.45) is 0 Å². The van der Waals surface area contributed by atoms with E-state index in [4.69, 9.17) is 10.5 Å². The second kappa shape index (κ2) is 3.34. The molecule has 1 rings (SSSR count). The lowest BCUT2D eigenvalue weighted by atomic mass is 10.2. The molecule has 2 nitrogen and oxygen atoms in total. The molecule has 0 aliphatic rings. The molecule has 3 heteroatoms. The van der Waals surface area contributed by atoms with Crippen molar-refractivity contribution < 1.29 is 9.13 Å². The van der Waals surface area contributed by atoms with Crippen LogP contribution in [0.1, 0.15) is 5.56 Å². The molecule has 1 aromatic carbocycles. The number of anilines is 1. The highest BCUT2D eigenvalue weighted by atomic mass is 19.1. The first-order valence-corrected chi connectivity index (χ1v) is 3.27. The minimum Gasteiger partial charge on any atom is -0.399 e. The summed E-state index contributed by atoms with van der Waals surface area (Å²) in [5, 5.41) is 0. The molecule has 2 N–H and O–H groups in total. The molecule has 0 aliphatic heterocycles. The fraction of sp³-hybridized carbons (Fsp3) is 0.250. The highest BCUT2D eigenvalue weighted by Crippen LogP contribution is 2.12. The average molecular weight is 155 g/mol. The van der Waals surface area contributed by atoms with Crippen molar-refractivity contribution in [3.63, 3.8) is 0 Å². The molecule has 0 heterocycles. The second-order valence-corrected chi connectivity index (χ2v) is 2.28. The van der Waals surface area contributed by atoms with E-state index in [1.54, 1.807) is 6.07 Å². The Hall–Kier alpha value is -1.09. The molecule has 0 amide bonds. The van der Waals surface area contributed by atoms with Gasteiger partial charge in [0.2, 0.25) is 0 Å². The van der Waals surface area contributed by atoms with Gasteiger partial charge in [-0.2, -0.15) is 0 Å². The van der Waals surface area contributed by atoms with Crippen LogP contribution in [-0.2, 0) is 11.3 Å². The minimum absolute atomic E-state index is 0.261. The zero-order valence-electron chi connectivity index (χ0n) is 6.30. The predicted octanol–water partition coefficient (Wildman–Crippen LogP) is 1.55. The SMILES string of the molecule is COCc1cc(N)ccc1F. The molecule has 0 bridgehead atoms. The summed E-state index contributed by atoms with van der Waals surface area (Å²) in [7, 11) is 1.52. The van der Waals surface area contributed by atoms with Crippen LogP contribution in [0.5, 0.6) is 0 Å². The molecule has 0 saturated heterocycles. The molecule has 0 saturated carbocycles. The molecule has 0 fully saturated rings. The largest absolute Gasteiger partial charge is 0.399 e. The summed E-state index contributed by atoms with van der Waals surface area (Å²) in [5.41, 5.74) is 6.48. The van der Waals surface area contributed by atoms with Gasteiger partial charge in [-0.15, -0.1) is 0 Å². The highest BCUT2D eigenvalue weighted by molar-refractivity contribution is 5.41. The molecule has 0 spiro atoms. The molecule has 0 unspecified atom stereocenters. The molecule has 60 valence electrons. The third-order valence-corrected chi connectivity index (χ3v) is 1.37. The summed E-state index contributed by atoms with van der Waals surface area (Å²) >= 11 is 0. The number of ether oxygens (including phenoxy) is 1. The van der Waals surface area contributed by atoms with Crippen LogP contribution < -0.4 is 5.73 Å². The van der Waals surface area contributed by atoms with Gasteiger partial charge in [-0.05, 0) is 18.2 Å². The van der Waals surface area contributed by atoms with Crippen LogP contribution >= 0.6 is 0 Å². The first-order chi connectivity index (χ1) is 5.24. The highest BCUT2D eigenvalue weighted by Gasteiger charge is 2.00. The van der Waals surface area contributed by atoms with Crippen LogP contribution in [-0.4, -0.2) is 7.11 Å². The average Bonchev–Trinajstić information content (AvgIpc) is 1.98. The Bertz CT molecular complexity index is 250. The third-order valence-electron chi connectivity index (χ3n) is 1.37. The van der Waals surface area contributed by atoms with Gasteiger partial charge in [0.05, 0.1) is 6.61 Å². The van der Waals surface area contributed by atoms with Crippen LogP contribution in [0.25, 0.3) is 0 Å². The maximum atomic E-state index is 12.8. The van der Waals surface area contributed by atoms with Crippen molar-refractivity contribution in [3.8, 4) is 0 Å². The third kappa shape index (κ3) is 1.91. The van der Waals surface area contributed by atoms with Crippen molar-refractivity contribution in [2.45, 2.75) is 6.61 Å². The second-order valence-electron chi connectivity index (χ2n) is 2.28. The molecule has 0 aliphatic carbocycles. The summed E-state index contributed by atoms with van der Waals surface area (Å²) < 4.78 is 17.6. The summed E-state index contributed by atoms with van der Waals surface area (Å²) in [4.78, 5) is 0. The van der Waals surface area contributed by atoms with Crippen molar-refractivity contribution >= 4 is 5.69 Å². The van der Waals surface area contributed by atoms with Gasteiger partial charge >= 0.3 is 0 Å². The lowest BCUT2D eigenvalue weighted by Crippen LogP contribution is -1.94. The van der Waals surface area contributed by atoms with Crippen molar-refractivity contribution in [3.05, 3.63) is 29.6 Å². The van der Waals surface area contributed by atoms with Crippen molar-refractivity contribution in [1.82, 2.24) is 0 Å². The molecule has 0 atom stereocenters. The van der Waals surface area contributed by atoms with E-state index in [9.17, 15) is 4.39 Å². The molecule has 0 radical (unpaired) electrons. The number of halogens is 1. The monoisotopic (exact) mass is 155 g/mol. The molecular weight excluding hydrogens is 145 g/mol. The van der Waals surface area contributed by atoms with E-state index in [2.05, 4.69) is 0 Å². The summed E-state index contributed by atoms with van der Waals surface area (Å²) in [6.07, 6.45) is 0. The van der Waals surface area contributed by atoms with E-state index in [-0.39, 0.29) is 12.4 Å². The number of hydrogen-bond donors (Lipinski definition) is 1.